The molecule has 3 N–H and O–H groups in total. The third kappa shape index (κ3) is 5.24. The van der Waals surface area contributed by atoms with Crippen LogP contribution in [-0.4, -0.2) is 33.6 Å². The summed E-state index contributed by atoms with van der Waals surface area (Å²) in [7, 11) is 0. The maximum absolute atomic E-state index is 11.4. The third-order valence-electron chi connectivity index (χ3n) is 2.31. The number of carbonyl (C=O) groups excluding carboxylic acids is 1. The molecule has 0 spiro atoms. The van der Waals surface area contributed by atoms with Gasteiger partial charge in [0, 0.05) is 18.9 Å². The molecule has 0 saturated carbocycles. The standard InChI is InChI=1S/C11H16N4O3/c1-8(9(16)17)4-2-5-14-11(18)15-10-12-6-3-7-13-10/h3,6-8H,2,4-5H2,1H3,(H,16,17)(H2,12,13,14,15,18). The number of rotatable bonds is 6. The summed E-state index contributed by atoms with van der Waals surface area (Å²) in [4.78, 5) is 29.6. The molecule has 7 nitrogen and oxygen atoms in total. The first-order chi connectivity index (χ1) is 8.59. The van der Waals surface area contributed by atoms with Gasteiger partial charge in [-0.15, -0.1) is 0 Å². The van der Waals surface area contributed by atoms with E-state index in [9.17, 15) is 9.59 Å². The van der Waals surface area contributed by atoms with E-state index >= 15 is 0 Å². The monoisotopic (exact) mass is 252 g/mol. The summed E-state index contributed by atoms with van der Waals surface area (Å²) >= 11 is 0. The van der Waals surface area contributed by atoms with E-state index in [0.717, 1.165) is 0 Å². The average molecular weight is 252 g/mol. The molecule has 0 aliphatic rings. The van der Waals surface area contributed by atoms with Gasteiger partial charge in [0.1, 0.15) is 0 Å². The lowest BCUT2D eigenvalue weighted by molar-refractivity contribution is -0.141. The van der Waals surface area contributed by atoms with Crippen LogP contribution in [0.2, 0.25) is 0 Å². The molecule has 98 valence electrons. The maximum Gasteiger partial charge on any atom is 0.321 e. The van der Waals surface area contributed by atoms with E-state index in [0.29, 0.717) is 19.4 Å². The van der Waals surface area contributed by atoms with E-state index in [2.05, 4.69) is 20.6 Å². The van der Waals surface area contributed by atoms with Gasteiger partial charge >= 0.3 is 12.0 Å². The van der Waals surface area contributed by atoms with Crippen molar-refractivity contribution in [3.05, 3.63) is 18.5 Å². The largest absolute Gasteiger partial charge is 0.481 e. The summed E-state index contributed by atoms with van der Waals surface area (Å²) in [5, 5.41) is 13.7. The van der Waals surface area contributed by atoms with Crippen LogP contribution in [0.25, 0.3) is 0 Å². The Hall–Kier alpha value is -2.18. The Kier molecular flexibility index (Phi) is 5.56. The number of nitrogens with zero attached hydrogens (tertiary/aromatic N) is 2. The number of urea groups is 1. The molecule has 0 aromatic carbocycles. The second-order valence-corrected chi connectivity index (χ2v) is 3.83. The van der Waals surface area contributed by atoms with Crippen molar-refractivity contribution in [2.75, 3.05) is 11.9 Å². The molecule has 1 aromatic heterocycles. The summed E-state index contributed by atoms with van der Waals surface area (Å²) in [5.41, 5.74) is 0. The first kappa shape index (κ1) is 13.9. The van der Waals surface area contributed by atoms with Crippen molar-refractivity contribution in [2.45, 2.75) is 19.8 Å². The molecule has 0 radical (unpaired) electrons. The fourth-order valence-corrected chi connectivity index (χ4v) is 1.24. The highest BCUT2D eigenvalue weighted by Crippen LogP contribution is 2.04. The summed E-state index contributed by atoms with van der Waals surface area (Å²) in [6.07, 6.45) is 4.18. The van der Waals surface area contributed by atoms with Crippen molar-refractivity contribution < 1.29 is 14.7 Å². The quantitative estimate of drug-likeness (QED) is 0.657. The van der Waals surface area contributed by atoms with Crippen molar-refractivity contribution in [2.24, 2.45) is 5.92 Å². The molecule has 0 fully saturated rings. The number of amides is 2. The maximum atomic E-state index is 11.4. The lowest BCUT2D eigenvalue weighted by Gasteiger charge is -2.07. The summed E-state index contributed by atoms with van der Waals surface area (Å²) in [5.74, 6) is -0.988. The zero-order valence-electron chi connectivity index (χ0n) is 10.1. The third-order valence-corrected chi connectivity index (χ3v) is 2.31. The smallest absolute Gasteiger partial charge is 0.321 e. The predicted octanol–water partition coefficient (Wildman–Crippen LogP) is 1.10. The number of carboxylic acid groups (broad SMARTS) is 1. The minimum atomic E-state index is -0.822. The van der Waals surface area contributed by atoms with Gasteiger partial charge in [-0.05, 0) is 18.9 Å². The Labute approximate surface area is 105 Å². The predicted molar refractivity (Wildman–Crippen MR) is 65.1 cm³/mol. The topological polar surface area (TPSA) is 104 Å². The van der Waals surface area contributed by atoms with Crippen molar-refractivity contribution in [1.29, 1.82) is 0 Å². The van der Waals surface area contributed by atoms with Gasteiger partial charge in [0.15, 0.2) is 0 Å². The van der Waals surface area contributed by atoms with E-state index in [-0.39, 0.29) is 5.95 Å². The number of hydrogen-bond acceptors (Lipinski definition) is 4. The molecule has 18 heavy (non-hydrogen) atoms. The molecule has 0 bridgehead atoms. The number of carbonyl (C=O) groups is 2. The molecule has 0 aliphatic heterocycles. The second kappa shape index (κ2) is 7.21. The normalized spacial score (nSPS) is 11.6. The van der Waals surface area contributed by atoms with Crippen LogP contribution in [0.3, 0.4) is 0 Å². The Morgan fingerprint density at radius 2 is 2.06 bits per heavy atom. The van der Waals surface area contributed by atoms with E-state index < -0.39 is 17.9 Å². The zero-order valence-corrected chi connectivity index (χ0v) is 10.1. The van der Waals surface area contributed by atoms with Gasteiger partial charge in [-0.25, -0.2) is 14.8 Å². The fourth-order valence-electron chi connectivity index (χ4n) is 1.24. The van der Waals surface area contributed by atoms with Gasteiger partial charge in [0.2, 0.25) is 5.95 Å². The van der Waals surface area contributed by atoms with E-state index in [4.69, 9.17) is 5.11 Å². The number of hydrogen-bond donors (Lipinski definition) is 3. The Morgan fingerprint density at radius 1 is 1.39 bits per heavy atom. The molecular formula is C11H16N4O3. The van der Waals surface area contributed by atoms with Crippen LogP contribution in [0, 0.1) is 5.92 Å². The van der Waals surface area contributed by atoms with Gasteiger partial charge in [0.25, 0.3) is 0 Å². The minimum Gasteiger partial charge on any atom is -0.481 e. The van der Waals surface area contributed by atoms with Crippen molar-refractivity contribution in [1.82, 2.24) is 15.3 Å². The molecule has 1 atom stereocenters. The highest BCUT2D eigenvalue weighted by molar-refractivity contribution is 5.87. The Morgan fingerprint density at radius 3 is 2.67 bits per heavy atom. The van der Waals surface area contributed by atoms with Gasteiger partial charge in [0.05, 0.1) is 5.92 Å². The molecule has 1 rings (SSSR count). The van der Waals surface area contributed by atoms with Crippen LogP contribution < -0.4 is 10.6 Å². The molecule has 7 heteroatoms. The highest BCUT2D eigenvalue weighted by atomic mass is 16.4. The van der Waals surface area contributed by atoms with Gasteiger partial charge in [-0.3, -0.25) is 10.1 Å². The lowest BCUT2D eigenvalue weighted by Crippen LogP contribution is -2.30. The van der Waals surface area contributed by atoms with Gasteiger partial charge in [-0.1, -0.05) is 6.92 Å². The molecular weight excluding hydrogens is 236 g/mol. The zero-order chi connectivity index (χ0) is 13.4. The molecule has 0 aliphatic carbocycles. The first-order valence-electron chi connectivity index (χ1n) is 5.64. The molecule has 0 saturated heterocycles. The molecule has 1 unspecified atom stereocenters. The first-order valence-corrected chi connectivity index (χ1v) is 5.64. The summed E-state index contributed by atoms with van der Waals surface area (Å²) in [6.45, 7) is 2.05. The SMILES string of the molecule is CC(CCCNC(=O)Nc1ncccn1)C(=O)O. The number of aliphatic carboxylic acids is 1. The number of anilines is 1. The second-order valence-electron chi connectivity index (χ2n) is 3.83. The average Bonchev–Trinajstić information content (AvgIpc) is 2.35. The van der Waals surface area contributed by atoms with Crippen molar-refractivity contribution >= 4 is 17.9 Å². The number of aromatic nitrogens is 2. The van der Waals surface area contributed by atoms with E-state index in [1.807, 2.05) is 0 Å². The van der Waals surface area contributed by atoms with Crippen LogP contribution in [0.5, 0.6) is 0 Å². The molecule has 2 amide bonds. The van der Waals surface area contributed by atoms with Crippen LogP contribution >= 0.6 is 0 Å². The highest BCUT2D eigenvalue weighted by Gasteiger charge is 2.10. The minimum absolute atomic E-state index is 0.230. The van der Waals surface area contributed by atoms with Crippen LogP contribution in [-0.2, 0) is 4.79 Å². The number of carboxylic acids is 1. The Balaban J connectivity index is 2.16. The fraction of sp³-hybridized carbons (Fsp3) is 0.455. The van der Waals surface area contributed by atoms with Crippen molar-refractivity contribution in [3.8, 4) is 0 Å². The van der Waals surface area contributed by atoms with Crippen LogP contribution in [0.15, 0.2) is 18.5 Å². The summed E-state index contributed by atoms with van der Waals surface area (Å²) in [6, 6.07) is 1.25. The van der Waals surface area contributed by atoms with Crippen molar-refractivity contribution in [3.63, 3.8) is 0 Å². The van der Waals surface area contributed by atoms with E-state index in [1.54, 1.807) is 13.0 Å². The number of nitrogens with one attached hydrogen (secondary N) is 2. The lowest BCUT2D eigenvalue weighted by atomic mass is 10.1. The van der Waals surface area contributed by atoms with Crippen LogP contribution in [0.1, 0.15) is 19.8 Å². The van der Waals surface area contributed by atoms with Gasteiger partial charge < -0.3 is 10.4 Å². The molecule has 1 aromatic rings. The molecule has 1 heterocycles. The van der Waals surface area contributed by atoms with Crippen LogP contribution in [0.4, 0.5) is 10.7 Å². The summed E-state index contributed by atoms with van der Waals surface area (Å²) < 4.78 is 0. The van der Waals surface area contributed by atoms with E-state index in [1.165, 1.54) is 12.4 Å². The van der Waals surface area contributed by atoms with Gasteiger partial charge in [-0.2, -0.15) is 0 Å². The Bertz CT molecular complexity index is 397.